The lowest BCUT2D eigenvalue weighted by Crippen LogP contribution is -3.12. The summed E-state index contributed by atoms with van der Waals surface area (Å²) in [7, 11) is -0.0444. The number of methoxy groups -OCH3 is 1. The van der Waals surface area contributed by atoms with Crippen molar-refractivity contribution in [3.05, 3.63) is 18.2 Å². The van der Waals surface area contributed by atoms with Crippen LogP contribution in [0.1, 0.15) is 6.92 Å². The number of anilines is 1. The van der Waals surface area contributed by atoms with Gasteiger partial charge in [-0.25, -0.2) is 8.42 Å². The van der Waals surface area contributed by atoms with Gasteiger partial charge in [0, 0.05) is 13.0 Å². The average molecular weight is 328 g/mol. The van der Waals surface area contributed by atoms with Crippen molar-refractivity contribution in [2.24, 2.45) is 0 Å². The van der Waals surface area contributed by atoms with Crippen molar-refractivity contribution in [2.75, 3.05) is 45.7 Å². The molecule has 0 saturated carbocycles. The number of ether oxygens (including phenoxy) is 1. The normalized spacial score (nSPS) is 17.2. The second-order valence-electron chi connectivity index (χ2n) is 5.40. The van der Waals surface area contributed by atoms with Gasteiger partial charge in [0.05, 0.1) is 50.9 Å². The monoisotopic (exact) mass is 328 g/mol. The number of likely N-dealkylation sites (N-methyl/N-ethyl adjacent to an activating group) is 1. The number of nitrogens with one attached hydrogen (secondary N) is 2. The summed E-state index contributed by atoms with van der Waals surface area (Å²) in [5.74, 6) is 0.0898. The highest BCUT2D eigenvalue weighted by atomic mass is 32.2. The van der Waals surface area contributed by atoms with Crippen molar-refractivity contribution >= 4 is 21.6 Å². The van der Waals surface area contributed by atoms with Gasteiger partial charge in [0.1, 0.15) is 5.75 Å². The molecule has 7 nitrogen and oxygen atoms in total. The molecule has 8 heteroatoms. The van der Waals surface area contributed by atoms with E-state index in [2.05, 4.69) is 12.4 Å². The summed E-state index contributed by atoms with van der Waals surface area (Å²) in [6.45, 7) is 3.98. The van der Waals surface area contributed by atoms with E-state index in [4.69, 9.17) is 4.74 Å². The van der Waals surface area contributed by atoms with Crippen LogP contribution in [-0.4, -0.2) is 59.0 Å². The summed E-state index contributed by atoms with van der Waals surface area (Å²) in [4.78, 5) is 12.6. The van der Waals surface area contributed by atoms with Gasteiger partial charge in [-0.15, -0.1) is 0 Å². The molecule has 1 fully saturated rings. The predicted octanol–water partition coefficient (Wildman–Crippen LogP) is -0.827. The maximum atomic E-state index is 12.7. The molecule has 2 rings (SSSR count). The third-order valence-electron chi connectivity index (χ3n) is 3.70. The van der Waals surface area contributed by atoms with Gasteiger partial charge in [-0.2, -0.15) is 4.31 Å². The Morgan fingerprint density at radius 2 is 1.95 bits per heavy atom. The molecule has 1 aliphatic heterocycles. The number of piperazine rings is 1. The highest BCUT2D eigenvalue weighted by Crippen LogP contribution is 2.29. The Labute approximate surface area is 130 Å². The summed E-state index contributed by atoms with van der Waals surface area (Å²) >= 11 is 0. The van der Waals surface area contributed by atoms with Crippen molar-refractivity contribution in [1.29, 1.82) is 0 Å². The molecule has 22 heavy (non-hydrogen) atoms. The summed E-state index contributed by atoms with van der Waals surface area (Å²) in [6.07, 6.45) is 0. The first kappa shape index (κ1) is 16.7. The molecule has 1 saturated heterocycles. The molecule has 0 aliphatic carbocycles. The van der Waals surface area contributed by atoms with Gasteiger partial charge in [-0.1, -0.05) is 0 Å². The van der Waals surface area contributed by atoms with Gasteiger partial charge in [0.25, 0.3) is 0 Å². The van der Waals surface area contributed by atoms with Gasteiger partial charge < -0.3 is 15.0 Å². The highest BCUT2D eigenvalue weighted by Gasteiger charge is 2.29. The van der Waals surface area contributed by atoms with E-state index in [0.29, 0.717) is 24.5 Å². The molecular formula is C14H22N3O4S+. The second kappa shape index (κ2) is 6.64. The fraction of sp³-hybridized carbons (Fsp3) is 0.500. The van der Waals surface area contributed by atoms with Crippen LogP contribution in [0.2, 0.25) is 0 Å². The van der Waals surface area contributed by atoms with Crippen molar-refractivity contribution in [3.8, 4) is 5.75 Å². The number of nitrogens with zero attached hydrogens (tertiary/aromatic N) is 1. The van der Waals surface area contributed by atoms with Crippen LogP contribution in [0.5, 0.6) is 5.75 Å². The smallest absolute Gasteiger partial charge is 0.243 e. The first-order valence-electron chi connectivity index (χ1n) is 7.11. The zero-order valence-electron chi connectivity index (χ0n) is 13.0. The molecular weight excluding hydrogens is 306 g/mol. The van der Waals surface area contributed by atoms with Gasteiger partial charge in [0.15, 0.2) is 0 Å². The Kier molecular flexibility index (Phi) is 5.05. The zero-order valence-corrected chi connectivity index (χ0v) is 13.9. The van der Waals surface area contributed by atoms with E-state index in [0.717, 1.165) is 13.1 Å². The van der Waals surface area contributed by atoms with Crippen molar-refractivity contribution in [3.63, 3.8) is 0 Å². The molecule has 0 unspecified atom stereocenters. The molecule has 2 N–H and O–H groups in total. The van der Waals surface area contributed by atoms with Crippen LogP contribution >= 0.6 is 0 Å². The Balaban J connectivity index is 2.29. The Hall–Kier alpha value is -1.64. The minimum absolute atomic E-state index is 0.179. The zero-order chi connectivity index (χ0) is 16.3. The van der Waals surface area contributed by atoms with Crippen LogP contribution in [0.4, 0.5) is 5.69 Å². The quantitative estimate of drug-likeness (QED) is 0.756. The van der Waals surface area contributed by atoms with E-state index in [-0.39, 0.29) is 10.8 Å². The molecule has 1 aromatic carbocycles. The highest BCUT2D eigenvalue weighted by molar-refractivity contribution is 7.89. The van der Waals surface area contributed by atoms with E-state index >= 15 is 0 Å². The summed E-state index contributed by atoms with van der Waals surface area (Å²) < 4.78 is 32.0. The van der Waals surface area contributed by atoms with Crippen LogP contribution in [0, 0.1) is 0 Å². The van der Waals surface area contributed by atoms with Crippen LogP contribution < -0.4 is 15.0 Å². The van der Waals surface area contributed by atoms with Crippen molar-refractivity contribution in [1.82, 2.24) is 4.31 Å². The maximum Gasteiger partial charge on any atom is 0.243 e. The molecule has 1 aliphatic rings. The van der Waals surface area contributed by atoms with E-state index in [1.165, 1.54) is 35.4 Å². The topological polar surface area (TPSA) is 80.2 Å². The number of carbonyl (C=O) groups excluding carboxylic acids is 1. The Bertz CT molecular complexity index is 652. The third kappa shape index (κ3) is 3.57. The van der Waals surface area contributed by atoms with Gasteiger partial charge in [-0.3, -0.25) is 4.79 Å². The number of amides is 1. The van der Waals surface area contributed by atoms with E-state index in [1.54, 1.807) is 6.07 Å². The summed E-state index contributed by atoms with van der Waals surface area (Å²) in [6, 6.07) is 4.49. The molecule has 0 atom stereocenters. The standard InChI is InChI=1S/C14H21N3O4S/c1-11(18)15-13-5-4-12(10-14(13)21-3)22(19,20)17-8-6-16(2)7-9-17/h4-5,10H,6-9H2,1-3H3,(H,15,18)/p+1. The van der Waals surface area contributed by atoms with Crippen molar-refractivity contribution < 1.29 is 22.8 Å². The lowest BCUT2D eigenvalue weighted by atomic mass is 10.3. The minimum Gasteiger partial charge on any atom is -0.495 e. The average Bonchev–Trinajstić information content (AvgIpc) is 2.47. The van der Waals surface area contributed by atoms with Crippen LogP contribution in [0.15, 0.2) is 23.1 Å². The number of quaternary nitrogens is 1. The Morgan fingerprint density at radius 1 is 1.32 bits per heavy atom. The predicted molar refractivity (Wildman–Crippen MR) is 82.7 cm³/mol. The second-order valence-corrected chi connectivity index (χ2v) is 7.34. The first-order valence-corrected chi connectivity index (χ1v) is 8.55. The van der Waals surface area contributed by atoms with Crippen LogP contribution in [0.3, 0.4) is 0 Å². The Morgan fingerprint density at radius 3 is 2.50 bits per heavy atom. The summed E-state index contributed by atoms with van der Waals surface area (Å²) in [5, 5.41) is 2.61. The summed E-state index contributed by atoms with van der Waals surface area (Å²) in [5.41, 5.74) is 0.455. The molecule has 0 radical (unpaired) electrons. The van der Waals surface area contributed by atoms with E-state index in [1.807, 2.05) is 0 Å². The molecule has 122 valence electrons. The molecule has 1 amide bonds. The number of carbonyl (C=O) groups is 1. The number of hydrogen-bond acceptors (Lipinski definition) is 4. The molecule has 0 aromatic heterocycles. The molecule has 0 bridgehead atoms. The number of hydrogen-bond donors (Lipinski definition) is 2. The SMILES string of the molecule is COc1cc(S(=O)(=O)N2CC[NH+](C)CC2)ccc1NC(C)=O. The molecule has 0 spiro atoms. The van der Waals surface area contributed by atoms with Crippen LogP contribution in [-0.2, 0) is 14.8 Å². The number of benzene rings is 1. The van der Waals surface area contributed by atoms with Gasteiger partial charge >= 0.3 is 0 Å². The largest absolute Gasteiger partial charge is 0.495 e. The minimum atomic E-state index is -3.54. The third-order valence-corrected chi connectivity index (χ3v) is 5.59. The lowest BCUT2D eigenvalue weighted by Gasteiger charge is -2.29. The van der Waals surface area contributed by atoms with E-state index < -0.39 is 10.0 Å². The van der Waals surface area contributed by atoms with Crippen LogP contribution in [0.25, 0.3) is 0 Å². The number of rotatable bonds is 4. The molecule has 1 heterocycles. The first-order chi connectivity index (χ1) is 10.3. The van der Waals surface area contributed by atoms with Crippen molar-refractivity contribution in [2.45, 2.75) is 11.8 Å². The number of sulfonamides is 1. The maximum absolute atomic E-state index is 12.7. The fourth-order valence-electron chi connectivity index (χ4n) is 2.38. The van der Waals surface area contributed by atoms with Gasteiger partial charge in [0.2, 0.25) is 15.9 Å². The molecule has 1 aromatic rings. The van der Waals surface area contributed by atoms with Gasteiger partial charge in [-0.05, 0) is 12.1 Å². The lowest BCUT2D eigenvalue weighted by molar-refractivity contribution is -0.883. The van der Waals surface area contributed by atoms with E-state index in [9.17, 15) is 13.2 Å². The fourth-order valence-corrected chi connectivity index (χ4v) is 3.84.